The summed E-state index contributed by atoms with van der Waals surface area (Å²) in [4.78, 5) is 19.2. The molecule has 0 spiro atoms. The fraction of sp³-hybridized carbons (Fsp3) is 0.350. The number of amides is 1. The number of hydrogen-bond donors (Lipinski definition) is 2. The van der Waals surface area contributed by atoms with Crippen molar-refractivity contribution in [3.05, 3.63) is 42.4 Å². The van der Waals surface area contributed by atoms with E-state index in [0.29, 0.717) is 11.7 Å². The molecule has 138 valence electrons. The fourth-order valence-electron chi connectivity index (χ4n) is 3.43. The third-order valence-corrected chi connectivity index (χ3v) is 5.12. The monoisotopic (exact) mass is 363 g/mol. The number of nitrogens with zero attached hydrogens (tertiary/aromatic N) is 3. The van der Waals surface area contributed by atoms with Crippen LogP contribution in [-0.2, 0) is 4.74 Å². The van der Waals surface area contributed by atoms with E-state index in [9.17, 15) is 4.79 Å². The average molecular weight is 363 g/mol. The summed E-state index contributed by atoms with van der Waals surface area (Å²) < 4.78 is 5.43. The number of ether oxygens (including phenoxy) is 1. The van der Waals surface area contributed by atoms with Crippen molar-refractivity contribution in [3.63, 3.8) is 0 Å². The molecule has 2 aromatic heterocycles. The van der Waals surface area contributed by atoms with Gasteiger partial charge in [0.05, 0.1) is 30.6 Å². The summed E-state index contributed by atoms with van der Waals surface area (Å²) in [5, 5.41) is 11.0. The summed E-state index contributed by atoms with van der Waals surface area (Å²) in [7, 11) is 0. The molecule has 27 heavy (non-hydrogen) atoms. The topological polar surface area (TPSA) is 83.1 Å². The largest absolute Gasteiger partial charge is 0.378 e. The standard InChI is InChI=1S/C20H21N5O2/c26-20(22-15-2-3-15)19-17-10-13(1-4-18(17)23-24-19)14-9-16(12-21-11-14)25-5-7-27-8-6-25/h1,4,9-12,15H,2-3,5-8H2,(H,22,26)(H,23,24). The Labute approximate surface area is 156 Å². The van der Waals surface area contributed by atoms with E-state index in [-0.39, 0.29) is 5.91 Å². The summed E-state index contributed by atoms with van der Waals surface area (Å²) in [6.07, 6.45) is 5.85. The van der Waals surface area contributed by atoms with E-state index in [0.717, 1.165) is 66.9 Å². The first-order valence-corrected chi connectivity index (χ1v) is 9.35. The molecule has 2 fully saturated rings. The van der Waals surface area contributed by atoms with Crippen molar-refractivity contribution in [2.45, 2.75) is 18.9 Å². The normalized spacial score (nSPS) is 17.3. The van der Waals surface area contributed by atoms with Gasteiger partial charge < -0.3 is 15.0 Å². The highest BCUT2D eigenvalue weighted by atomic mass is 16.5. The number of hydrogen-bond acceptors (Lipinski definition) is 5. The van der Waals surface area contributed by atoms with Crippen molar-refractivity contribution < 1.29 is 9.53 Å². The number of rotatable bonds is 4. The van der Waals surface area contributed by atoms with E-state index in [1.54, 1.807) is 0 Å². The maximum atomic E-state index is 12.5. The van der Waals surface area contributed by atoms with Gasteiger partial charge in [0.15, 0.2) is 5.69 Å². The molecule has 0 unspecified atom stereocenters. The number of carbonyl (C=O) groups is 1. The second kappa shape index (κ2) is 6.66. The zero-order chi connectivity index (χ0) is 18.2. The van der Waals surface area contributed by atoms with Crippen LogP contribution in [0.25, 0.3) is 22.0 Å². The van der Waals surface area contributed by atoms with Crippen LogP contribution in [0, 0.1) is 0 Å². The highest BCUT2D eigenvalue weighted by Crippen LogP contribution is 2.28. The molecule has 2 aliphatic rings. The van der Waals surface area contributed by atoms with Crippen LogP contribution >= 0.6 is 0 Å². The number of nitrogens with one attached hydrogen (secondary N) is 2. The van der Waals surface area contributed by atoms with Crippen LogP contribution in [0.15, 0.2) is 36.7 Å². The Morgan fingerprint density at radius 2 is 2.00 bits per heavy atom. The van der Waals surface area contributed by atoms with Crippen molar-refractivity contribution in [2.75, 3.05) is 31.2 Å². The molecule has 7 heteroatoms. The first-order chi connectivity index (χ1) is 13.3. The van der Waals surface area contributed by atoms with Crippen LogP contribution in [0.2, 0.25) is 0 Å². The number of aromatic amines is 1. The number of pyridine rings is 1. The Hall–Kier alpha value is -2.93. The molecule has 0 atom stereocenters. The molecule has 1 aliphatic heterocycles. The van der Waals surface area contributed by atoms with Gasteiger partial charge in [0.2, 0.25) is 0 Å². The Balaban J connectivity index is 1.48. The smallest absolute Gasteiger partial charge is 0.272 e. The van der Waals surface area contributed by atoms with Crippen LogP contribution in [0.1, 0.15) is 23.3 Å². The van der Waals surface area contributed by atoms with Gasteiger partial charge >= 0.3 is 0 Å². The fourth-order valence-corrected chi connectivity index (χ4v) is 3.43. The van der Waals surface area contributed by atoms with Gasteiger partial charge in [-0.3, -0.25) is 14.9 Å². The molecule has 1 saturated heterocycles. The molecule has 0 radical (unpaired) electrons. The number of morpholine rings is 1. The van der Waals surface area contributed by atoms with Crippen LogP contribution in [0.4, 0.5) is 5.69 Å². The maximum Gasteiger partial charge on any atom is 0.272 e. The molecule has 3 aromatic rings. The molecule has 2 N–H and O–H groups in total. The zero-order valence-corrected chi connectivity index (χ0v) is 14.9. The quantitative estimate of drug-likeness (QED) is 0.743. The highest BCUT2D eigenvalue weighted by Gasteiger charge is 2.25. The summed E-state index contributed by atoms with van der Waals surface area (Å²) in [5.41, 5.74) is 4.45. The first kappa shape index (κ1) is 16.3. The molecule has 1 amide bonds. The lowest BCUT2D eigenvalue weighted by Gasteiger charge is -2.28. The third-order valence-electron chi connectivity index (χ3n) is 5.12. The second-order valence-electron chi connectivity index (χ2n) is 7.11. The van der Waals surface area contributed by atoms with Crippen molar-refractivity contribution >= 4 is 22.5 Å². The maximum absolute atomic E-state index is 12.5. The summed E-state index contributed by atoms with van der Waals surface area (Å²) in [6, 6.07) is 8.46. The first-order valence-electron chi connectivity index (χ1n) is 9.35. The molecule has 7 nitrogen and oxygen atoms in total. The van der Waals surface area contributed by atoms with Crippen LogP contribution in [0.5, 0.6) is 0 Å². The minimum Gasteiger partial charge on any atom is -0.378 e. The van der Waals surface area contributed by atoms with Crippen molar-refractivity contribution in [3.8, 4) is 11.1 Å². The van der Waals surface area contributed by atoms with Gasteiger partial charge in [-0.25, -0.2) is 0 Å². The van der Waals surface area contributed by atoms with Crippen molar-refractivity contribution in [1.29, 1.82) is 0 Å². The van der Waals surface area contributed by atoms with Gasteiger partial charge in [0.25, 0.3) is 5.91 Å². The number of fused-ring (bicyclic) bond motifs is 1. The van der Waals surface area contributed by atoms with E-state index in [1.807, 2.05) is 30.6 Å². The number of aromatic nitrogens is 3. The van der Waals surface area contributed by atoms with Crippen LogP contribution < -0.4 is 10.2 Å². The van der Waals surface area contributed by atoms with Crippen LogP contribution in [0.3, 0.4) is 0 Å². The van der Waals surface area contributed by atoms with Gasteiger partial charge in [0, 0.05) is 36.3 Å². The Morgan fingerprint density at radius 3 is 2.81 bits per heavy atom. The second-order valence-corrected chi connectivity index (χ2v) is 7.11. The molecule has 1 aromatic carbocycles. The van der Waals surface area contributed by atoms with Gasteiger partial charge in [-0.15, -0.1) is 0 Å². The number of anilines is 1. The van der Waals surface area contributed by atoms with Crippen molar-refractivity contribution in [1.82, 2.24) is 20.5 Å². The highest BCUT2D eigenvalue weighted by molar-refractivity contribution is 6.05. The lowest BCUT2D eigenvalue weighted by atomic mass is 10.0. The number of benzene rings is 1. The summed E-state index contributed by atoms with van der Waals surface area (Å²) in [5.74, 6) is -0.110. The molecule has 0 bridgehead atoms. The summed E-state index contributed by atoms with van der Waals surface area (Å²) >= 11 is 0. The average Bonchev–Trinajstić information content (AvgIpc) is 3.43. The molecular weight excluding hydrogens is 342 g/mol. The van der Waals surface area contributed by atoms with E-state index in [1.165, 1.54) is 0 Å². The minimum atomic E-state index is -0.110. The van der Waals surface area contributed by atoms with Crippen molar-refractivity contribution in [2.24, 2.45) is 0 Å². The van der Waals surface area contributed by atoms with E-state index < -0.39 is 0 Å². The van der Waals surface area contributed by atoms with Gasteiger partial charge in [0.1, 0.15) is 0 Å². The Morgan fingerprint density at radius 1 is 1.15 bits per heavy atom. The minimum absolute atomic E-state index is 0.110. The van der Waals surface area contributed by atoms with E-state index in [2.05, 4.69) is 31.5 Å². The van der Waals surface area contributed by atoms with E-state index in [4.69, 9.17) is 4.74 Å². The summed E-state index contributed by atoms with van der Waals surface area (Å²) in [6.45, 7) is 3.23. The molecular formula is C20H21N5O2. The zero-order valence-electron chi connectivity index (χ0n) is 14.9. The lowest BCUT2D eigenvalue weighted by molar-refractivity contribution is 0.0947. The Kier molecular flexibility index (Phi) is 4.01. The third kappa shape index (κ3) is 3.26. The Bertz CT molecular complexity index is 989. The molecule has 1 saturated carbocycles. The molecule has 5 rings (SSSR count). The predicted octanol–water partition coefficient (Wildman–Crippen LogP) is 2.35. The van der Waals surface area contributed by atoms with Crippen LogP contribution in [-0.4, -0.2) is 53.4 Å². The van der Waals surface area contributed by atoms with E-state index >= 15 is 0 Å². The predicted molar refractivity (Wildman–Crippen MR) is 103 cm³/mol. The van der Waals surface area contributed by atoms with Gasteiger partial charge in [-0.1, -0.05) is 6.07 Å². The number of H-pyrrole nitrogens is 1. The molecule has 3 heterocycles. The molecule has 1 aliphatic carbocycles. The van der Waals surface area contributed by atoms with Gasteiger partial charge in [-0.2, -0.15) is 5.10 Å². The number of carbonyl (C=O) groups excluding carboxylic acids is 1. The lowest BCUT2D eigenvalue weighted by Crippen LogP contribution is -2.36. The SMILES string of the molecule is O=C(NC1CC1)c1n[nH]c2ccc(-c3cncc(N4CCOCC4)c3)cc12. The van der Waals surface area contributed by atoms with Gasteiger partial charge in [-0.05, 0) is 36.6 Å².